The highest BCUT2D eigenvalue weighted by atomic mass is 16.6. The maximum absolute atomic E-state index is 12.3. The molecular formula is C21H37N5O2. The number of nitrogens with zero attached hydrogens (tertiary/aromatic N) is 2. The Kier molecular flexibility index (Phi) is 9.76. The molecule has 0 fully saturated rings. The Hall–Kier alpha value is -2.31. The molecule has 0 saturated heterocycles. The molecule has 1 amide bonds. The molecule has 7 heteroatoms. The Bertz CT molecular complexity index is 607. The van der Waals surface area contributed by atoms with E-state index in [0.717, 1.165) is 38.3 Å². The number of hydrogen-bond acceptors (Lipinski definition) is 4. The first-order chi connectivity index (χ1) is 13.2. The van der Waals surface area contributed by atoms with Gasteiger partial charge in [0.25, 0.3) is 0 Å². The van der Waals surface area contributed by atoms with E-state index in [-0.39, 0.29) is 0 Å². The number of pyridine rings is 1. The average molecular weight is 392 g/mol. The molecule has 3 N–H and O–H groups in total. The minimum absolute atomic E-state index is 0.402. The van der Waals surface area contributed by atoms with Crippen molar-refractivity contribution in [3.63, 3.8) is 0 Å². The van der Waals surface area contributed by atoms with E-state index in [1.54, 1.807) is 6.20 Å². The second kappa shape index (κ2) is 11.5. The van der Waals surface area contributed by atoms with Crippen LogP contribution in [0.2, 0.25) is 0 Å². The quantitative estimate of drug-likeness (QED) is 0.444. The van der Waals surface area contributed by atoms with Crippen molar-refractivity contribution in [1.82, 2.24) is 20.9 Å². The van der Waals surface area contributed by atoms with Crippen LogP contribution in [0.15, 0.2) is 29.5 Å². The molecule has 0 spiro atoms. The Labute approximate surface area is 169 Å². The monoisotopic (exact) mass is 391 g/mol. The minimum Gasteiger partial charge on any atom is -0.444 e. The summed E-state index contributed by atoms with van der Waals surface area (Å²) in [6.07, 6.45) is 5.63. The van der Waals surface area contributed by atoms with Gasteiger partial charge in [-0.2, -0.15) is 0 Å². The third kappa shape index (κ3) is 9.06. The van der Waals surface area contributed by atoms with Crippen molar-refractivity contribution >= 4 is 12.1 Å². The first-order valence-corrected chi connectivity index (χ1v) is 10.2. The SMILES string of the molecule is CCNC(=NCC(CC)(CC)NC(=O)OC(C)(C)C)NCCc1cccnc1. The van der Waals surface area contributed by atoms with Crippen LogP contribution in [0.25, 0.3) is 0 Å². The van der Waals surface area contributed by atoms with Crippen molar-refractivity contribution in [2.24, 2.45) is 4.99 Å². The van der Waals surface area contributed by atoms with Gasteiger partial charge in [-0.3, -0.25) is 9.98 Å². The summed E-state index contributed by atoms with van der Waals surface area (Å²) in [7, 11) is 0. The zero-order valence-corrected chi connectivity index (χ0v) is 18.3. The van der Waals surface area contributed by atoms with Crippen molar-refractivity contribution in [1.29, 1.82) is 0 Å². The van der Waals surface area contributed by atoms with Gasteiger partial charge < -0.3 is 20.7 Å². The van der Waals surface area contributed by atoms with Crippen molar-refractivity contribution in [3.8, 4) is 0 Å². The predicted octanol–water partition coefficient (Wildman–Crippen LogP) is 3.26. The molecule has 1 aromatic heterocycles. The largest absolute Gasteiger partial charge is 0.444 e. The summed E-state index contributed by atoms with van der Waals surface area (Å²) in [6, 6.07) is 4.00. The molecule has 0 saturated carbocycles. The molecule has 0 aliphatic heterocycles. The van der Waals surface area contributed by atoms with Crippen LogP contribution in [0.1, 0.15) is 59.9 Å². The van der Waals surface area contributed by atoms with Crippen molar-refractivity contribution in [2.75, 3.05) is 19.6 Å². The lowest BCUT2D eigenvalue weighted by Crippen LogP contribution is -2.52. The highest BCUT2D eigenvalue weighted by molar-refractivity contribution is 5.79. The lowest BCUT2D eigenvalue weighted by atomic mass is 9.93. The predicted molar refractivity (Wildman–Crippen MR) is 115 cm³/mol. The van der Waals surface area contributed by atoms with Gasteiger partial charge >= 0.3 is 6.09 Å². The second-order valence-electron chi connectivity index (χ2n) is 7.85. The van der Waals surface area contributed by atoms with E-state index in [2.05, 4.69) is 40.8 Å². The van der Waals surface area contributed by atoms with Gasteiger partial charge in [0, 0.05) is 25.5 Å². The van der Waals surface area contributed by atoms with E-state index < -0.39 is 17.2 Å². The summed E-state index contributed by atoms with van der Waals surface area (Å²) in [6.45, 7) is 13.7. The van der Waals surface area contributed by atoms with E-state index in [4.69, 9.17) is 9.73 Å². The Morgan fingerprint density at radius 2 is 1.89 bits per heavy atom. The highest BCUT2D eigenvalue weighted by Crippen LogP contribution is 2.17. The van der Waals surface area contributed by atoms with Crippen molar-refractivity contribution < 1.29 is 9.53 Å². The summed E-state index contributed by atoms with van der Waals surface area (Å²) < 4.78 is 5.43. The lowest BCUT2D eigenvalue weighted by molar-refractivity contribution is 0.0452. The number of rotatable bonds is 9. The summed E-state index contributed by atoms with van der Waals surface area (Å²) in [5, 5.41) is 9.64. The number of carbonyl (C=O) groups is 1. The van der Waals surface area contributed by atoms with Gasteiger partial charge in [0.05, 0.1) is 12.1 Å². The van der Waals surface area contributed by atoms with Gasteiger partial charge in [-0.15, -0.1) is 0 Å². The van der Waals surface area contributed by atoms with Gasteiger partial charge in [0.15, 0.2) is 5.96 Å². The zero-order chi connectivity index (χ0) is 21.0. The molecule has 0 atom stereocenters. The number of amides is 1. The maximum Gasteiger partial charge on any atom is 0.408 e. The fourth-order valence-corrected chi connectivity index (χ4v) is 2.65. The lowest BCUT2D eigenvalue weighted by Gasteiger charge is -2.32. The number of aromatic nitrogens is 1. The number of alkyl carbamates (subject to hydrolysis) is 1. The topological polar surface area (TPSA) is 87.6 Å². The van der Waals surface area contributed by atoms with E-state index in [1.165, 1.54) is 5.56 Å². The van der Waals surface area contributed by atoms with Crippen LogP contribution in [0.3, 0.4) is 0 Å². The van der Waals surface area contributed by atoms with E-state index in [9.17, 15) is 4.79 Å². The molecule has 1 heterocycles. The smallest absolute Gasteiger partial charge is 0.408 e. The first kappa shape index (κ1) is 23.7. The summed E-state index contributed by atoms with van der Waals surface area (Å²) in [5.41, 5.74) is 0.214. The number of ether oxygens (including phenoxy) is 1. The van der Waals surface area contributed by atoms with Gasteiger partial charge in [-0.25, -0.2) is 4.79 Å². The average Bonchev–Trinajstić information content (AvgIpc) is 2.64. The van der Waals surface area contributed by atoms with Crippen LogP contribution in [0, 0.1) is 0 Å². The molecule has 0 radical (unpaired) electrons. The molecule has 28 heavy (non-hydrogen) atoms. The standard InChI is InChI=1S/C21H37N5O2/c1-7-21(8-2,26-19(27)28-20(4,5)6)16-25-18(23-9-3)24-14-12-17-11-10-13-22-15-17/h10-11,13,15H,7-9,12,14,16H2,1-6H3,(H,26,27)(H2,23,24,25). The van der Waals surface area contributed by atoms with E-state index in [0.29, 0.717) is 6.54 Å². The third-order valence-electron chi connectivity index (χ3n) is 4.43. The summed E-state index contributed by atoms with van der Waals surface area (Å²) in [5.74, 6) is 0.739. The van der Waals surface area contributed by atoms with Crippen LogP contribution in [0.4, 0.5) is 4.79 Å². The van der Waals surface area contributed by atoms with Crippen molar-refractivity contribution in [3.05, 3.63) is 30.1 Å². The van der Waals surface area contributed by atoms with Gasteiger partial charge in [-0.1, -0.05) is 19.9 Å². The van der Waals surface area contributed by atoms with Crippen LogP contribution in [-0.4, -0.2) is 47.8 Å². The minimum atomic E-state index is -0.524. The second-order valence-corrected chi connectivity index (χ2v) is 7.85. The number of aliphatic imine (C=N–C) groups is 1. The van der Waals surface area contributed by atoms with E-state index >= 15 is 0 Å². The molecule has 0 aromatic carbocycles. The Balaban J connectivity index is 2.71. The molecule has 1 aromatic rings. The number of carbonyl (C=O) groups excluding carboxylic acids is 1. The van der Waals surface area contributed by atoms with Gasteiger partial charge in [-0.05, 0) is 58.6 Å². The molecule has 0 unspecified atom stereocenters. The Morgan fingerprint density at radius 1 is 1.18 bits per heavy atom. The van der Waals surface area contributed by atoms with Gasteiger partial charge in [0.2, 0.25) is 0 Å². The Morgan fingerprint density at radius 3 is 2.43 bits per heavy atom. The maximum atomic E-state index is 12.3. The van der Waals surface area contributed by atoms with Crippen LogP contribution >= 0.6 is 0 Å². The van der Waals surface area contributed by atoms with Crippen LogP contribution < -0.4 is 16.0 Å². The summed E-state index contributed by atoms with van der Waals surface area (Å²) in [4.78, 5) is 21.1. The first-order valence-electron chi connectivity index (χ1n) is 10.2. The number of nitrogens with one attached hydrogen (secondary N) is 3. The highest BCUT2D eigenvalue weighted by Gasteiger charge is 2.30. The molecule has 1 rings (SSSR count). The third-order valence-corrected chi connectivity index (χ3v) is 4.43. The van der Waals surface area contributed by atoms with Crippen LogP contribution in [-0.2, 0) is 11.2 Å². The van der Waals surface area contributed by atoms with Gasteiger partial charge in [0.1, 0.15) is 5.60 Å². The summed E-state index contributed by atoms with van der Waals surface area (Å²) >= 11 is 0. The normalized spacial score (nSPS) is 12.4. The molecular weight excluding hydrogens is 354 g/mol. The fraction of sp³-hybridized carbons (Fsp3) is 0.667. The van der Waals surface area contributed by atoms with Crippen LogP contribution in [0.5, 0.6) is 0 Å². The fourth-order valence-electron chi connectivity index (χ4n) is 2.65. The zero-order valence-electron chi connectivity index (χ0n) is 18.3. The molecule has 7 nitrogen and oxygen atoms in total. The number of hydrogen-bond donors (Lipinski definition) is 3. The van der Waals surface area contributed by atoms with E-state index in [1.807, 2.05) is 40.0 Å². The molecule has 0 bridgehead atoms. The molecule has 0 aliphatic carbocycles. The molecule has 0 aliphatic rings. The van der Waals surface area contributed by atoms with Crippen molar-refractivity contribution in [2.45, 2.75) is 71.9 Å². The number of guanidine groups is 1. The molecule has 158 valence electrons.